The quantitative estimate of drug-likeness (QED) is 0.275. The maximum Gasteiger partial charge on any atom is 0.242 e. The van der Waals surface area contributed by atoms with Gasteiger partial charge in [-0.05, 0) is 37.1 Å². The SMILES string of the molecule is O=C(CNc1c(-c2ccc(N3CCCC3)cc2)nc2cnccn12)N1CCN(CC(O)Nc2ccccn2)CC1. The highest BCUT2D eigenvalue weighted by Crippen LogP contribution is 2.30. The fourth-order valence-corrected chi connectivity index (χ4v) is 5.44. The Labute approximate surface area is 233 Å². The van der Waals surface area contributed by atoms with Gasteiger partial charge in [0, 0.05) is 75.7 Å². The maximum atomic E-state index is 13.2. The average molecular weight is 542 g/mol. The smallest absolute Gasteiger partial charge is 0.242 e. The number of hydrogen-bond donors (Lipinski definition) is 3. The summed E-state index contributed by atoms with van der Waals surface area (Å²) < 4.78 is 1.94. The van der Waals surface area contributed by atoms with Crippen LogP contribution < -0.4 is 15.5 Å². The lowest BCUT2D eigenvalue weighted by Gasteiger charge is -2.35. The van der Waals surface area contributed by atoms with E-state index in [-0.39, 0.29) is 12.5 Å². The largest absolute Gasteiger partial charge is 0.372 e. The molecule has 0 radical (unpaired) electrons. The number of carbonyl (C=O) groups is 1. The van der Waals surface area contributed by atoms with E-state index < -0.39 is 6.23 Å². The third-order valence-corrected chi connectivity index (χ3v) is 7.58. The van der Waals surface area contributed by atoms with E-state index in [4.69, 9.17) is 4.98 Å². The molecule has 11 heteroatoms. The number of rotatable bonds is 9. The highest BCUT2D eigenvalue weighted by atomic mass is 16.3. The Balaban J connectivity index is 1.07. The van der Waals surface area contributed by atoms with Crippen LogP contribution in [0.1, 0.15) is 12.8 Å². The summed E-state index contributed by atoms with van der Waals surface area (Å²) in [7, 11) is 0. The van der Waals surface area contributed by atoms with Crippen LogP contribution in [0.4, 0.5) is 17.3 Å². The molecule has 11 nitrogen and oxygen atoms in total. The first-order valence-corrected chi connectivity index (χ1v) is 13.9. The van der Waals surface area contributed by atoms with Crippen molar-refractivity contribution in [2.45, 2.75) is 19.1 Å². The molecule has 0 bridgehead atoms. The Morgan fingerprint density at radius 1 is 0.975 bits per heavy atom. The van der Waals surface area contributed by atoms with Crippen molar-refractivity contribution in [3.05, 3.63) is 67.3 Å². The Hall–Kier alpha value is -4.22. The van der Waals surface area contributed by atoms with E-state index in [9.17, 15) is 9.90 Å². The van der Waals surface area contributed by atoms with Crippen molar-refractivity contribution in [3.63, 3.8) is 0 Å². The summed E-state index contributed by atoms with van der Waals surface area (Å²) in [5.41, 5.74) is 3.75. The van der Waals surface area contributed by atoms with Gasteiger partial charge in [0.1, 0.15) is 23.6 Å². The van der Waals surface area contributed by atoms with E-state index in [1.807, 2.05) is 33.7 Å². The monoisotopic (exact) mass is 541 g/mol. The van der Waals surface area contributed by atoms with Gasteiger partial charge in [0.2, 0.25) is 5.91 Å². The van der Waals surface area contributed by atoms with Gasteiger partial charge in [-0.15, -0.1) is 0 Å². The first kappa shape index (κ1) is 26.0. The summed E-state index contributed by atoms with van der Waals surface area (Å²) in [4.78, 5) is 32.8. The molecule has 208 valence electrons. The molecule has 1 amide bonds. The molecule has 1 atom stereocenters. The van der Waals surface area contributed by atoms with Crippen molar-refractivity contribution in [2.75, 3.05) is 67.9 Å². The second kappa shape index (κ2) is 11.9. The minimum Gasteiger partial charge on any atom is -0.372 e. The molecule has 0 aliphatic carbocycles. The number of aliphatic hydroxyl groups excluding tert-OH is 1. The molecule has 3 N–H and O–H groups in total. The normalized spacial score (nSPS) is 16.8. The second-order valence-corrected chi connectivity index (χ2v) is 10.3. The molecule has 0 saturated carbocycles. The standard InChI is InChI=1S/C29H35N9O2/c39-26(33-24-5-1-2-10-31-24)21-35-15-17-37(18-16-35)27(40)20-32-29-28(34-25-19-30-11-14-38(25)29)22-6-8-23(9-7-22)36-12-3-4-13-36/h1-2,5-11,14,19,26,32,39H,3-4,12-13,15-18,20-21H2,(H,31,33). The number of aliphatic hydroxyl groups is 1. The number of imidazole rings is 1. The summed E-state index contributed by atoms with van der Waals surface area (Å²) in [6.07, 6.45) is 8.74. The van der Waals surface area contributed by atoms with Crippen molar-refractivity contribution in [3.8, 4) is 11.3 Å². The minimum atomic E-state index is -0.730. The van der Waals surface area contributed by atoms with Crippen LogP contribution in [0, 0.1) is 0 Å². The number of amides is 1. The number of nitrogens with zero attached hydrogens (tertiary/aromatic N) is 7. The number of aromatic nitrogens is 4. The lowest BCUT2D eigenvalue weighted by Crippen LogP contribution is -2.52. The van der Waals surface area contributed by atoms with Gasteiger partial charge in [0.25, 0.3) is 0 Å². The first-order valence-electron chi connectivity index (χ1n) is 13.9. The molecule has 2 aliphatic rings. The number of fused-ring (bicyclic) bond motifs is 1. The number of anilines is 3. The number of β-amino-alcohol motifs (C(OH)–C–C–N with tert-alkyl or cyclic N) is 1. The number of pyridine rings is 1. The van der Waals surface area contributed by atoms with Gasteiger partial charge in [0.05, 0.1) is 12.7 Å². The average Bonchev–Trinajstić information content (AvgIpc) is 3.66. The summed E-state index contributed by atoms with van der Waals surface area (Å²) in [5.74, 6) is 1.45. The van der Waals surface area contributed by atoms with Crippen LogP contribution in [0.3, 0.4) is 0 Å². The fraction of sp³-hybridized carbons (Fsp3) is 0.379. The molecular weight excluding hydrogens is 506 g/mol. The molecule has 5 heterocycles. The van der Waals surface area contributed by atoms with Crippen LogP contribution in [-0.2, 0) is 4.79 Å². The van der Waals surface area contributed by atoms with Gasteiger partial charge in [-0.2, -0.15) is 0 Å². The Morgan fingerprint density at radius 2 is 1.77 bits per heavy atom. The number of benzene rings is 1. The molecule has 2 fully saturated rings. The van der Waals surface area contributed by atoms with Crippen LogP contribution >= 0.6 is 0 Å². The van der Waals surface area contributed by atoms with Gasteiger partial charge in [-0.3, -0.25) is 19.1 Å². The van der Waals surface area contributed by atoms with E-state index in [0.717, 1.165) is 35.8 Å². The third-order valence-electron chi connectivity index (χ3n) is 7.58. The zero-order chi connectivity index (χ0) is 27.3. The van der Waals surface area contributed by atoms with Crippen LogP contribution in [0.5, 0.6) is 0 Å². The van der Waals surface area contributed by atoms with Crippen molar-refractivity contribution < 1.29 is 9.90 Å². The van der Waals surface area contributed by atoms with Gasteiger partial charge in [0.15, 0.2) is 5.65 Å². The molecule has 6 rings (SSSR count). The molecule has 3 aromatic heterocycles. The van der Waals surface area contributed by atoms with Crippen molar-refractivity contribution in [2.24, 2.45) is 0 Å². The van der Waals surface area contributed by atoms with Gasteiger partial charge >= 0.3 is 0 Å². The molecular formula is C29H35N9O2. The molecule has 4 aromatic rings. The van der Waals surface area contributed by atoms with E-state index in [0.29, 0.717) is 38.5 Å². The van der Waals surface area contributed by atoms with Crippen LogP contribution in [0.15, 0.2) is 67.3 Å². The van der Waals surface area contributed by atoms with Crippen LogP contribution in [-0.4, -0.2) is 98.8 Å². The summed E-state index contributed by atoms with van der Waals surface area (Å²) in [6, 6.07) is 14.0. The highest BCUT2D eigenvalue weighted by molar-refractivity contribution is 5.84. The minimum absolute atomic E-state index is 0.0335. The molecule has 1 aromatic carbocycles. The Kier molecular flexibility index (Phi) is 7.73. The van der Waals surface area contributed by atoms with E-state index in [1.165, 1.54) is 18.5 Å². The molecule has 0 spiro atoms. The zero-order valence-electron chi connectivity index (χ0n) is 22.5. The third kappa shape index (κ3) is 5.85. The van der Waals surface area contributed by atoms with E-state index >= 15 is 0 Å². The van der Waals surface area contributed by atoms with Gasteiger partial charge in [-0.1, -0.05) is 18.2 Å². The predicted molar refractivity (Wildman–Crippen MR) is 155 cm³/mol. The summed E-state index contributed by atoms with van der Waals surface area (Å²) >= 11 is 0. The summed E-state index contributed by atoms with van der Waals surface area (Å²) in [6.45, 7) is 5.45. The van der Waals surface area contributed by atoms with Gasteiger partial charge < -0.3 is 25.5 Å². The number of hydrogen-bond acceptors (Lipinski definition) is 9. The molecule has 40 heavy (non-hydrogen) atoms. The van der Waals surface area contributed by atoms with E-state index in [1.54, 1.807) is 18.6 Å². The first-order chi connectivity index (χ1) is 19.6. The molecule has 2 saturated heterocycles. The topological polar surface area (TPSA) is 114 Å². The van der Waals surface area contributed by atoms with Crippen molar-refractivity contribution >= 4 is 28.9 Å². The van der Waals surface area contributed by atoms with Crippen LogP contribution in [0.2, 0.25) is 0 Å². The number of carbonyl (C=O) groups excluding carboxylic acids is 1. The Bertz CT molecular complexity index is 1410. The van der Waals surface area contributed by atoms with E-state index in [2.05, 4.69) is 54.7 Å². The van der Waals surface area contributed by atoms with Crippen LogP contribution in [0.25, 0.3) is 16.9 Å². The lowest BCUT2D eigenvalue weighted by atomic mass is 10.1. The molecule has 1 unspecified atom stereocenters. The predicted octanol–water partition coefficient (Wildman–Crippen LogP) is 2.38. The van der Waals surface area contributed by atoms with Crippen molar-refractivity contribution in [1.82, 2.24) is 29.2 Å². The van der Waals surface area contributed by atoms with Gasteiger partial charge in [-0.25, -0.2) is 9.97 Å². The number of nitrogens with one attached hydrogen (secondary N) is 2. The fourth-order valence-electron chi connectivity index (χ4n) is 5.44. The highest BCUT2D eigenvalue weighted by Gasteiger charge is 2.24. The maximum absolute atomic E-state index is 13.2. The Morgan fingerprint density at radius 3 is 2.52 bits per heavy atom. The summed E-state index contributed by atoms with van der Waals surface area (Å²) in [5, 5.41) is 16.8. The lowest BCUT2D eigenvalue weighted by molar-refractivity contribution is -0.131. The molecule has 2 aliphatic heterocycles. The zero-order valence-corrected chi connectivity index (χ0v) is 22.5. The number of piperazine rings is 1. The van der Waals surface area contributed by atoms with Crippen molar-refractivity contribution in [1.29, 1.82) is 0 Å². The second-order valence-electron chi connectivity index (χ2n) is 10.3.